The summed E-state index contributed by atoms with van der Waals surface area (Å²) in [5.41, 5.74) is 1.65. The van der Waals surface area contributed by atoms with Crippen LogP contribution in [0.15, 0.2) is 18.2 Å². The van der Waals surface area contributed by atoms with Crippen molar-refractivity contribution in [1.29, 1.82) is 0 Å². The average Bonchev–Trinajstić information content (AvgIpc) is 2.74. The van der Waals surface area contributed by atoms with Crippen molar-refractivity contribution in [2.24, 2.45) is 17.8 Å². The molecule has 8 heteroatoms. The van der Waals surface area contributed by atoms with Crippen molar-refractivity contribution in [3.05, 3.63) is 29.3 Å². The van der Waals surface area contributed by atoms with Crippen LogP contribution in [0, 0.1) is 17.8 Å². The average molecular weight is 486 g/mol. The van der Waals surface area contributed by atoms with Gasteiger partial charge in [0.05, 0.1) is 25.2 Å². The fraction of sp³-hybridized carbons (Fsp3) is 0.654. The van der Waals surface area contributed by atoms with Gasteiger partial charge < -0.3 is 25.4 Å². The second kappa shape index (κ2) is 17.3. The Bertz CT molecular complexity index is 777. The molecule has 34 heavy (non-hydrogen) atoms. The number of fused-ring (bicyclic) bond motifs is 1. The lowest BCUT2D eigenvalue weighted by Gasteiger charge is -2.31. The summed E-state index contributed by atoms with van der Waals surface area (Å²) in [4.78, 5) is 36.9. The first-order valence-corrected chi connectivity index (χ1v) is 11.9. The van der Waals surface area contributed by atoms with Gasteiger partial charge in [0.15, 0.2) is 5.78 Å². The van der Waals surface area contributed by atoms with Crippen LogP contribution in [0.3, 0.4) is 0 Å². The van der Waals surface area contributed by atoms with Gasteiger partial charge in [0.25, 0.3) is 0 Å². The van der Waals surface area contributed by atoms with Gasteiger partial charge in [-0.25, -0.2) is 0 Å². The molecule has 0 saturated heterocycles. The topological polar surface area (TPSA) is 133 Å². The van der Waals surface area contributed by atoms with Crippen molar-refractivity contribution in [2.45, 2.75) is 52.9 Å². The molecule has 0 bridgehead atoms. The van der Waals surface area contributed by atoms with Crippen molar-refractivity contribution in [3.8, 4) is 5.75 Å². The fourth-order valence-corrected chi connectivity index (χ4v) is 4.43. The first-order chi connectivity index (χ1) is 15.8. The second-order valence-corrected chi connectivity index (χ2v) is 8.54. The van der Waals surface area contributed by atoms with Crippen LogP contribution in [0.2, 0.25) is 0 Å². The summed E-state index contributed by atoms with van der Waals surface area (Å²) in [6.45, 7) is 6.45. The number of hydrogen-bond acceptors (Lipinski definition) is 7. The number of aliphatic hydroxyl groups is 1. The van der Waals surface area contributed by atoms with Gasteiger partial charge in [0.2, 0.25) is 0 Å². The van der Waals surface area contributed by atoms with Crippen LogP contribution in [-0.4, -0.2) is 68.5 Å². The molecule has 198 valence electrons. The fourth-order valence-electron chi connectivity index (χ4n) is 4.43. The minimum absolute atomic E-state index is 0. The molecule has 0 radical (unpaired) electrons. The first-order valence-electron chi connectivity index (χ1n) is 11.9. The molecule has 0 aliphatic heterocycles. The largest absolute Gasteiger partial charge is 0.493 e. The number of carbonyl (C=O) groups excluding carboxylic acids is 3. The van der Waals surface area contributed by atoms with E-state index in [1.165, 1.54) is 6.92 Å². The van der Waals surface area contributed by atoms with Crippen LogP contribution in [-0.2, 0) is 20.7 Å². The van der Waals surface area contributed by atoms with E-state index in [-0.39, 0.29) is 50.5 Å². The van der Waals surface area contributed by atoms with E-state index in [2.05, 4.69) is 5.32 Å². The minimum Gasteiger partial charge on any atom is -0.493 e. The van der Waals surface area contributed by atoms with Crippen LogP contribution in [0.5, 0.6) is 5.75 Å². The van der Waals surface area contributed by atoms with E-state index >= 15 is 0 Å². The Morgan fingerprint density at radius 2 is 1.88 bits per heavy atom. The number of rotatable bonds is 13. The van der Waals surface area contributed by atoms with E-state index in [0.29, 0.717) is 50.4 Å². The van der Waals surface area contributed by atoms with Gasteiger partial charge in [-0.3, -0.25) is 14.4 Å². The van der Waals surface area contributed by atoms with Crippen molar-refractivity contribution >= 4 is 17.3 Å². The molecule has 0 saturated carbocycles. The summed E-state index contributed by atoms with van der Waals surface area (Å²) >= 11 is 0. The lowest BCUT2D eigenvalue weighted by molar-refractivity contribution is -0.131. The molecule has 3 unspecified atom stereocenters. The maximum atomic E-state index is 12.9. The zero-order valence-corrected chi connectivity index (χ0v) is 21.3. The third-order valence-corrected chi connectivity index (χ3v) is 5.75. The van der Waals surface area contributed by atoms with E-state index in [0.717, 1.165) is 12.0 Å². The van der Waals surface area contributed by atoms with E-state index in [1.807, 2.05) is 46.1 Å². The van der Waals surface area contributed by atoms with E-state index in [4.69, 9.17) is 9.47 Å². The Morgan fingerprint density at radius 3 is 2.44 bits per heavy atom. The highest BCUT2D eigenvalue weighted by molar-refractivity contribution is 6.01. The molecule has 0 amide bonds. The lowest BCUT2D eigenvalue weighted by atomic mass is 9.73. The van der Waals surface area contributed by atoms with Crippen LogP contribution < -0.4 is 10.1 Å². The molecule has 0 spiro atoms. The summed E-state index contributed by atoms with van der Waals surface area (Å²) in [5.74, 6) is -0.406. The summed E-state index contributed by atoms with van der Waals surface area (Å²) in [6.07, 6.45) is 2.19. The van der Waals surface area contributed by atoms with Gasteiger partial charge in [0, 0.05) is 28.4 Å². The molecular weight excluding hydrogens is 438 g/mol. The van der Waals surface area contributed by atoms with Gasteiger partial charge in [0.1, 0.15) is 17.3 Å². The molecule has 8 nitrogen and oxygen atoms in total. The molecule has 1 aliphatic rings. The predicted octanol–water partition coefficient (Wildman–Crippen LogP) is 2.92. The van der Waals surface area contributed by atoms with Gasteiger partial charge in [-0.15, -0.1) is 0 Å². The maximum absolute atomic E-state index is 12.9. The SMILES string of the molecule is CCOCCC(CC1CC(=O)c2c(cccc2OCC)C1)C(CO)C(=O)CC(C)=O.CNC.O.[HH].[HH]. The molecular formula is C26H47NO7. The monoisotopic (exact) mass is 485 g/mol. The van der Waals surface area contributed by atoms with Crippen molar-refractivity contribution in [2.75, 3.05) is 40.5 Å². The zero-order valence-electron chi connectivity index (χ0n) is 21.3. The Labute approximate surface area is 206 Å². The molecule has 3 atom stereocenters. The van der Waals surface area contributed by atoms with Crippen LogP contribution in [0.25, 0.3) is 0 Å². The molecule has 2 rings (SSSR count). The molecule has 0 heterocycles. The molecule has 1 aromatic carbocycles. The van der Waals surface area contributed by atoms with Gasteiger partial charge >= 0.3 is 0 Å². The van der Waals surface area contributed by atoms with Crippen LogP contribution in [0.4, 0.5) is 0 Å². The Kier molecular flexibility index (Phi) is 16.2. The quantitative estimate of drug-likeness (QED) is 0.324. The number of Topliss-reactive ketones (excluding diaryl/α,β-unsaturated/α-hetero) is 3. The summed E-state index contributed by atoms with van der Waals surface area (Å²) in [5, 5.41) is 12.7. The predicted molar refractivity (Wildman–Crippen MR) is 137 cm³/mol. The Morgan fingerprint density at radius 1 is 1.21 bits per heavy atom. The normalized spacial score (nSPS) is 16.3. The second-order valence-electron chi connectivity index (χ2n) is 8.54. The number of hydrogen-bond donors (Lipinski definition) is 2. The van der Waals surface area contributed by atoms with Gasteiger partial charge in [-0.2, -0.15) is 0 Å². The smallest absolute Gasteiger partial charge is 0.167 e. The van der Waals surface area contributed by atoms with E-state index < -0.39 is 5.92 Å². The Hall–Kier alpha value is -2.13. The first kappa shape index (κ1) is 31.9. The van der Waals surface area contributed by atoms with Gasteiger partial charge in [-0.1, -0.05) is 12.1 Å². The maximum Gasteiger partial charge on any atom is 0.167 e. The number of nitrogens with one attached hydrogen (secondary N) is 1. The highest BCUT2D eigenvalue weighted by Crippen LogP contribution is 2.37. The number of benzene rings is 1. The standard InChI is InChI=1S/C24H34O6.C2H7N.H2O.2H2/c1-4-29-10-9-18(20(15-25)21(27)11-16(3)26)12-17-13-19-7-6-8-23(30-5-2)24(19)22(28)14-17;1-3-2;;;/h6-8,17-18,20,25H,4-5,9-15H2,1-3H3;3H,1-2H3;1H2;2*1H. The zero-order chi connectivity index (χ0) is 24.8. The molecule has 1 aromatic rings. The highest BCUT2D eigenvalue weighted by Gasteiger charge is 2.34. The Balaban J connectivity index is -0.00000172. The van der Waals surface area contributed by atoms with Crippen molar-refractivity contribution < 1.29 is 37.3 Å². The summed E-state index contributed by atoms with van der Waals surface area (Å²) in [7, 11) is 3.75. The molecule has 4 N–H and O–H groups in total. The lowest BCUT2D eigenvalue weighted by Crippen LogP contribution is -2.32. The third kappa shape index (κ3) is 10.0. The molecule has 0 aromatic heterocycles. The van der Waals surface area contributed by atoms with Crippen molar-refractivity contribution in [1.82, 2.24) is 5.32 Å². The highest BCUT2D eigenvalue weighted by atomic mass is 16.5. The van der Waals surface area contributed by atoms with Crippen molar-refractivity contribution in [3.63, 3.8) is 0 Å². The van der Waals surface area contributed by atoms with E-state index in [9.17, 15) is 19.5 Å². The summed E-state index contributed by atoms with van der Waals surface area (Å²) < 4.78 is 11.1. The third-order valence-electron chi connectivity index (χ3n) is 5.75. The van der Waals surface area contributed by atoms with Crippen LogP contribution in [0.1, 0.15) is 65.2 Å². The summed E-state index contributed by atoms with van der Waals surface area (Å²) in [6, 6.07) is 5.69. The number of ketones is 3. The van der Waals surface area contributed by atoms with Crippen LogP contribution >= 0.6 is 0 Å². The van der Waals surface area contributed by atoms with E-state index in [1.54, 1.807) is 0 Å². The number of carbonyl (C=O) groups is 3. The number of ether oxygens (including phenoxy) is 2. The molecule has 0 fully saturated rings. The molecule has 1 aliphatic carbocycles. The minimum atomic E-state index is -0.611. The van der Waals surface area contributed by atoms with Gasteiger partial charge in [-0.05, 0) is 77.6 Å². The number of aliphatic hydroxyl groups excluding tert-OH is 1.